The molecule has 122 valence electrons. The number of rotatable bonds is 1. The van der Waals surface area contributed by atoms with Crippen LogP contribution in [-0.4, -0.2) is 47.6 Å². The molecule has 23 heavy (non-hydrogen) atoms. The summed E-state index contributed by atoms with van der Waals surface area (Å²) < 4.78 is 13.4. The molecule has 2 fully saturated rings. The molecular formula is C17H21N3O3. The normalized spacial score (nSPS) is 20.3. The highest BCUT2D eigenvalue weighted by molar-refractivity contribution is 6.01. The van der Waals surface area contributed by atoms with Crippen LogP contribution in [0.1, 0.15) is 12.8 Å². The number of nitrogens with zero attached hydrogens (tertiary/aromatic N) is 2. The second-order valence-corrected chi connectivity index (χ2v) is 6.20. The Labute approximate surface area is 135 Å². The van der Waals surface area contributed by atoms with Crippen molar-refractivity contribution in [3.05, 3.63) is 30.5 Å². The predicted octanol–water partition coefficient (Wildman–Crippen LogP) is 2.55. The molecule has 0 radical (unpaired) electrons. The van der Waals surface area contributed by atoms with Gasteiger partial charge in [-0.15, -0.1) is 0 Å². The lowest BCUT2D eigenvalue weighted by Crippen LogP contribution is -2.48. The van der Waals surface area contributed by atoms with E-state index in [1.165, 1.54) is 0 Å². The third-order valence-corrected chi connectivity index (χ3v) is 4.76. The minimum absolute atomic E-state index is 0.0609. The van der Waals surface area contributed by atoms with Crippen molar-refractivity contribution in [2.75, 3.05) is 31.6 Å². The van der Waals surface area contributed by atoms with Gasteiger partial charge in [0.25, 0.3) is 0 Å². The Hall–Kier alpha value is -2.05. The maximum atomic E-state index is 12.5. The van der Waals surface area contributed by atoms with Gasteiger partial charge in [0, 0.05) is 50.1 Å². The topological polar surface area (TPSA) is 55.7 Å². The summed E-state index contributed by atoms with van der Waals surface area (Å²) in [5, 5.41) is 4.09. The fraction of sp³-hybridized carbons (Fsp3) is 0.471. The monoisotopic (exact) mass is 315 g/mol. The van der Waals surface area contributed by atoms with E-state index in [-0.39, 0.29) is 6.03 Å². The number of carbonyl (C=O) groups excluding carboxylic acids is 1. The van der Waals surface area contributed by atoms with Gasteiger partial charge in [-0.3, -0.25) is 0 Å². The number of hydrogen-bond donors (Lipinski definition) is 1. The molecule has 6 nitrogen and oxygen atoms in total. The second kappa shape index (κ2) is 5.54. The number of aromatic nitrogens is 1. The molecule has 1 spiro atoms. The van der Waals surface area contributed by atoms with Crippen LogP contribution >= 0.6 is 0 Å². The first-order valence-electron chi connectivity index (χ1n) is 8.05. The highest BCUT2D eigenvalue weighted by Gasteiger charge is 2.40. The van der Waals surface area contributed by atoms with Crippen molar-refractivity contribution >= 4 is 22.6 Å². The molecule has 2 aromatic rings. The molecule has 1 aromatic carbocycles. The van der Waals surface area contributed by atoms with Gasteiger partial charge in [-0.25, -0.2) is 4.79 Å². The summed E-state index contributed by atoms with van der Waals surface area (Å²) in [5.74, 6) is -0.448. The smallest absolute Gasteiger partial charge is 0.321 e. The molecule has 1 N–H and O–H groups in total. The number of urea groups is 1. The molecule has 2 saturated heterocycles. The summed E-state index contributed by atoms with van der Waals surface area (Å²) in [4.78, 5) is 14.4. The van der Waals surface area contributed by atoms with Gasteiger partial charge in [-0.1, -0.05) is 18.2 Å². The van der Waals surface area contributed by atoms with E-state index in [1.807, 2.05) is 47.0 Å². The molecule has 0 unspecified atom stereocenters. The Morgan fingerprint density at radius 2 is 1.87 bits per heavy atom. The van der Waals surface area contributed by atoms with Crippen LogP contribution in [0.5, 0.6) is 0 Å². The zero-order chi connectivity index (χ0) is 15.9. The minimum Gasteiger partial charge on any atom is -0.348 e. The lowest BCUT2D eigenvalue weighted by Gasteiger charge is -2.37. The van der Waals surface area contributed by atoms with E-state index in [9.17, 15) is 4.79 Å². The third-order valence-electron chi connectivity index (χ3n) is 4.76. The number of amides is 2. The van der Waals surface area contributed by atoms with Crippen LogP contribution in [0, 0.1) is 0 Å². The molecule has 0 aliphatic carbocycles. The number of hydrogen-bond acceptors (Lipinski definition) is 3. The van der Waals surface area contributed by atoms with Gasteiger partial charge in [0.15, 0.2) is 5.79 Å². The Bertz CT molecular complexity index is 724. The number of benzene rings is 1. The maximum absolute atomic E-state index is 12.5. The molecule has 2 amide bonds. The largest absolute Gasteiger partial charge is 0.348 e. The number of anilines is 1. The molecule has 4 rings (SSSR count). The summed E-state index contributed by atoms with van der Waals surface area (Å²) >= 11 is 0. The number of aryl methyl sites for hydroxylation is 1. The third kappa shape index (κ3) is 2.58. The SMILES string of the molecule is Cn1cc(NC(=O)N2CCC3(CC2)OCCO3)c2ccccc21. The van der Waals surface area contributed by atoms with Crippen LogP contribution in [0.3, 0.4) is 0 Å². The van der Waals surface area contributed by atoms with E-state index < -0.39 is 5.79 Å². The van der Waals surface area contributed by atoms with Crippen LogP contribution < -0.4 is 5.32 Å². The molecule has 0 atom stereocenters. The summed E-state index contributed by atoms with van der Waals surface area (Å²) in [6.07, 6.45) is 3.42. The van der Waals surface area contributed by atoms with E-state index in [2.05, 4.69) is 5.32 Å². The quantitative estimate of drug-likeness (QED) is 0.880. The second-order valence-electron chi connectivity index (χ2n) is 6.20. The zero-order valence-electron chi connectivity index (χ0n) is 13.2. The molecule has 2 aliphatic rings. The first-order valence-corrected chi connectivity index (χ1v) is 8.05. The summed E-state index contributed by atoms with van der Waals surface area (Å²) in [5.41, 5.74) is 1.95. The van der Waals surface area contributed by atoms with Gasteiger partial charge in [0.1, 0.15) is 0 Å². The highest BCUT2D eigenvalue weighted by Crippen LogP contribution is 2.32. The van der Waals surface area contributed by atoms with Crippen LogP contribution in [-0.2, 0) is 16.5 Å². The Morgan fingerprint density at radius 3 is 2.61 bits per heavy atom. The molecule has 1 aromatic heterocycles. The summed E-state index contributed by atoms with van der Waals surface area (Å²) in [7, 11) is 1.98. The van der Waals surface area contributed by atoms with Crippen molar-refractivity contribution in [3.63, 3.8) is 0 Å². The molecule has 0 bridgehead atoms. The van der Waals surface area contributed by atoms with Gasteiger partial charge >= 0.3 is 6.03 Å². The van der Waals surface area contributed by atoms with E-state index in [0.717, 1.165) is 29.4 Å². The van der Waals surface area contributed by atoms with Gasteiger partial charge in [-0.2, -0.15) is 0 Å². The lowest BCUT2D eigenvalue weighted by molar-refractivity contribution is -0.181. The average molecular weight is 315 g/mol. The number of nitrogens with one attached hydrogen (secondary N) is 1. The zero-order valence-corrected chi connectivity index (χ0v) is 13.2. The summed E-state index contributed by atoms with van der Waals surface area (Å²) in [6.45, 7) is 2.61. The maximum Gasteiger partial charge on any atom is 0.321 e. The van der Waals surface area contributed by atoms with Crippen LogP contribution in [0.4, 0.5) is 10.5 Å². The summed E-state index contributed by atoms with van der Waals surface area (Å²) in [6, 6.07) is 7.99. The average Bonchev–Trinajstić information content (AvgIpc) is 3.14. The van der Waals surface area contributed by atoms with E-state index in [1.54, 1.807) is 0 Å². The Kier molecular flexibility index (Phi) is 3.50. The number of fused-ring (bicyclic) bond motifs is 1. The van der Waals surface area contributed by atoms with Crippen LogP contribution in [0.15, 0.2) is 30.5 Å². The highest BCUT2D eigenvalue weighted by atomic mass is 16.7. The molecule has 3 heterocycles. The van der Waals surface area contributed by atoms with Gasteiger partial charge in [0.05, 0.1) is 18.9 Å². The standard InChI is InChI=1S/C17H21N3O3/c1-19-12-14(13-4-2-3-5-15(13)19)18-16(21)20-8-6-17(7-9-20)22-10-11-23-17/h2-5,12H,6-11H2,1H3,(H,18,21). The Balaban J connectivity index is 1.46. The molecule has 0 saturated carbocycles. The number of likely N-dealkylation sites (tertiary alicyclic amines) is 1. The van der Waals surface area contributed by atoms with Crippen molar-refractivity contribution in [2.45, 2.75) is 18.6 Å². The van der Waals surface area contributed by atoms with Gasteiger partial charge < -0.3 is 24.3 Å². The number of ether oxygens (including phenoxy) is 2. The van der Waals surface area contributed by atoms with Crippen LogP contribution in [0.2, 0.25) is 0 Å². The van der Waals surface area contributed by atoms with Gasteiger partial charge in [-0.05, 0) is 6.07 Å². The van der Waals surface area contributed by atoms with E-state index in [0.29, 0.717) is 26.3 Å². The fourth-order valence-corrected chi connectivity index (χ4v) is 3.47. The van der Waals surface area contributed by atoms with E-state index in [4.69, 9.17) is 9.47 Å². The number of carbonyl (C=O) groups is 1. The molecular weight excluding hydrogens is 294 g/mol. The van der Waals surface area contributed by atoms with E-state index >= 15 is 0 Å². The molecule has 2 aliphatic heterocycles. The fourth-order valence-electron chi connectivity index (χ4n) is 3.47. The first-order chi connectivity index (χ1) is 11.2. The van der Waals surface area contributed by atoms with Crippen molar-refractivity contribution in [1.29, 1.82) is 0 Å². The van der Waals surface area contributed by atoms with Crippen LogP contribution in [0.25, 0.3) is 10.9 Å². The number of piperidine rings is 1. The van der Waals surface area contributed by atoms with Crippen molar-refractivity contribution in [3.8, 4) is 0 Å². The van der Waals surface area contributed by atoms with Crippen molar-refractivity contribution in [1.82, 2.24) is 9.47 Å². The first kappa shape index (κ1) is 14.5. The van der Waals surface area contributed by atoms with Gasteiger partial charge in [0.2, 0.25) is 0 Å². The minimum atomic E-state index is -0.448. The van der Waals surface area contributed by atoms with Crippen molar-refractivity contribution < 1.29 is 14.3 Å². The number of para-hydroxylation sites is 1. The van der Waals surface area contributed by atoms with Crippen molar-refractivity contribution in [2.24, 2.45) is 7.05 Å². The Morgan fingerprint density at radius 1 is 1.17 bits per heavy atom. The molecule has 6 heteroatoms. The predicted molar refractivity (Wildman–Crippen MR) is 87.4 cm³/mol. The lowest BCUT2D eigenvalue weighted by atomic mass is 10.0.